The zero-order chi connectivity index (χ0) is 25.1. The molecule has 7 heteroatoms. The first-order valence-electron chi connectivity index (χ1n) is 12.8. The SMILES string of the molecule is CCCC(CC)CN1CCC2(c3cc(OC)ccc3C)CC(C(=O)NC(N)=O)CCC2(O)C1C. The lowest BCUT2D eigenvalue weighted by Crippen LogP contribution is -2.70. The van der Waals surface area contributed by atoms with Gasteiger partial charge in [0.2, 0.25) is 5.91 Å². The minimum Gasteiger partial charge on any atom is -0.497 e. The lowest BCUT2D eigenvalue weighted by Gasteiger charge is -2.61. The van der Waals surface area contributed by atoms with Gasteiger partial charge in [0.15, 0.2) is 0 Å². The molecule has 0 bridgehead atoms. The Morgan fingerprint density at radius 3 is 2.68 bits per heavy atom. The second-order valence-corrected chi connectivity index (χ2v) is 10.5. The largest absolute Gasteiger partial charge is 0.497 e. The summed E-state index contributed by atoms with van der Waals surface area (Å²) in [7, 11) is 1.64. The van der Waals surface area contributed by atoms with Crippen LogP contribution >= 0.6 is 0 Å². The Morgan fingerprint density at radius 1 is 1.32 bits per heavy atom. The van der Waals surface area contributed by atoms with Gasteiger partial charge in [-0.3, -0.25) is 15.0 Å². The molecule has 1 saturated heterocycles. The van der Waals surface area contributed by atoms with E-state index >= 15 is 0 Å². The minimum atomic E-state index is -1.00. The van der Waals surface area contributed by atoms with Crippen molar-refractivity contribution in [1.29, 1.82) is 0 Å². The maximum atomic E-state index is 12.8. The van der Waals surface area contributed by atoms with E-state index in [1.165, 1.54) is 6.42 Å². The van der Waals surface area contributed by atoms with Crippen molar-refractivity contribution < 1.29 is 19.4 Å². The van der Waals surface area contributed by atoms with E-state index in [0.717, 1.165) is 49.2 Å². The molecule has 0 aromatic heterocycles. The Hall–Kier alpha value is -2.12. The number of fused-ring (bicyclic) bond motifs is 1. The summed E-state index contributed by atoms with van der Waals surface area (Å²) in [5.74, 6) is 0.615. The molecule has 2 aliphatic rings. The summed E-state index contributed by atoms with van der Waals surface area (Å²) in [4.78, 5) is 26.7. The molecule has 0 spiro atoms. The van der Waals surface area contributed by atoms with E-state index in [-0.39, 0.29) is 17.9 Å². The van der Waals surface area contributed by atoms with Gasteiger partial charge in [0.25, 0.3) is 0 Å². The molecule has 190 valence electrons. The smallest absolute Gasteiger partial charge is 0.318 e. The average Bonchev–Trinajstić information content (AvgIpc) is 2.80. The number of aryl methyl sites for hydroxylation is 1. The molecule has 5 unspecified atom stereocenters. The molecule has 0 radical (unpaired) electrons. The quantitative estimate of drug-likeness (QED) is 0.531. The number of aliphatic hydroxyl groups is 1. The second-order valence-electron chi connectivity index (χ2n) is 10.5. The second kappa shape index (κ2) is 10.6. The fourth-order valence-electron chi connectivity index (χ4n) is 6.67. The van der Waals surface area contributed by atoms with Gasteiger partial charge in [-0.1, -0.05) is 32.8 Å². The number of nitrogens with one attached hydrogen (secondary N) is 1. The van der Waals surface area contributed by atoms with Gasteiger partial charge in [-0.25, -0.2) is 4.79 Å². The first-order chi connectivity index (χ1) is 16.1. The number of likely N-dealkylation sites (tertiary alicyclic amines) is 1. The van der Waals surface area contributed by atoms with Gasteiger partial charge in [-0.05, 0) is 81.7 Å². The molecule has 3 rings (SSSR count). The Balaban J connectivity index is 2.04. The summed E-state index contributed by atoms with van der Waals surface area (Å²) < 4.78 is 5.55. The zero-order valence-electron chi connectivity index (χ0n) is 21.5. The lowest BCUT2D eigenvalue weighted by atomic mass is 9.51. The fourth-order valence-corrected chi connectivity index (χ4v) is 6.67. The van der Waals surface area contributed by atoms with Gasteiger partial charge in [-0.15, -0.1) is 0 Å². The molecule has 4 N–H and O–H groups in total. The number of amides is 3. The topological polar surface area (TPSA) is 105 Å². The van der Waals surface area contributed by atoms with Crippen molar-refractivity contribution in [1.82, 2.24) is 10.2 Å². The monoisotopic (exact) mass is 473 g/mol. The van der Waals surface area contributed by atoms with Crippen LogP contribution in [-0.4, -0.2) is 53.8 Å². The molecule has 2 fully saturated rings. The number of carbonyl (C=O) groups is 2. The summed E-state index contributed by atoms with van der Waals surface area (Å²) in [6.45, 7) is 10.5. The number of nitrogens with zero attached hydrogens (tertiary/aromatic N) is 1. The van der Waals surface area contributed by atoms with Crippen LogP contribution in [-0.2, 0) is 10.2 Å². The molecule has 3 amide bonds. The number of piperidine rings is 1. The third kappa shape index (κ3) is 4.82. The Morgan fingerprint density at radius 2 is 2.06 bits per heavy atom. The molecule has 1 aromatic rings. The number of nitrogens with two attached hydrogens (primary N) is 1. The van der Waals surface area contributed by atoms with Crippen LogP contribution in [0.15, 0.2) is 18.2 Å². The van der Waals surface area contributed by atoms with Crippen LogP contribution in [0.25, 0.3) is 0 Å². The number of urea groups is 1. The normalized spacial score (nSPS) is 30.3. The molecule has 1 aliphatic heterocycles. The van der Waals surface area contributed by atoms with Crippen LogP contribution in [0, 0.1) is 18.8 Å². The number of methoxy groups -OCH3 is 1. The van der Waals surface area contributed by atoms with Crippen LogP contribution in [0.5, 0.6) is 5.75 Å². The molecule has 7 nitrogen and oxygen atoms in total. The lowest BCUT2D eigenvalue weighted by molar-refractivity contribution is -0.168. The predicted molar refractivity (Wildman–Crippen MR) is 134 cm³/mol. The highest BCUT2D eigenvalue weighted by molar-refractivity contribution is 5.94. The van der Waals surface area contributed by atoms with Crippen LogP contribution in [0.3, 0.4) is 0 Å². The van der Waals surface area contributed by atoms with Crippen molar-refractivity contribution >= 4 is 11.9 Å². The summed E-state index contributed by atoms with van der Waals surface area (Å²) in [6.07, 6.45) is 5.70. The number of hydrogen-bond acceptors (Lipinski definition) is 5. The molecule has 1 aromatic carbocycles. The van der Waals surface area contributed by atoms with Gasteiger partial charge < -0.3 is 15.6 Å². The van der Waals surface area contributed by atoms with Crippen molar-refractivity contribution in [3.05, 3.63) is 29.3 Å². The maximum absolute atomic E-state index is 12.8. The van der Waals surface area contributed by atoms with E-state index in [4.69, 9.17) is 10.5 Å². The van der Waals surface area contributed by atoms with Gasteiger partial charge >= 0.3 is 6.03 Å². The average molecular weight is 474 g/mol. The zero-order valence-corrected chi connectivity index (χ0v) is 21.5. The molecular weight excluding hydrogens is 430 g/mol. The summed E-state index contributed by atoms with van der Waals surface area (Å²) in [5, 5.41) is 14.8. The molecule has 5 atom stereocenters. The number of hydrogen-bond donors (Lipinski definition) is 3. The fraction of sp³-hybridized carbons (Fsp3) is 0.704. The number of ether oxygens (including phenoxy) is 1. The molecule has 1 saturated carbocycles. The molecule has 34 heavy (non-hydrogen) atoms. The van der Waals surface area contributed by atoms with Crippen LogP contribution < -0.4 is 15.8 Å². The number of rotatable bonds is 8. The Kier molecular flexibility index (Phi) is 8.30. The van der Waals surface area contributed by atoms with Crippen molar-refractivity contribution in [2.24, 2.45) is 17.6 Å². The Bertz CT molecular complexity index is 891. The molecule has 1 heterocycles. The predicted octanol–water partition coefficient (Wildman–Crippen LogP) is 3.89. The minimum absolute atomic E-state index is 0.0575. The highest BCUT2D eigenvalue weighted by Gasteiger charge is 2.61. The van der Waals surface area contributed by atoms with Crippen molar-refractivity contribution in [3.8, 4) is 5.75 Å². The van der Waals surface area contributed by atoms with E-state index in [0.29, 0.717) is 25.2 Å². The van der Waals surface area contributed by atoms with Gasteiger partial charge in [-0.2, -0.15) is 0 Å². The van der Waals surface area contributed by atoms with E-state index < -0.39 is 17.0 Å². The summed E-state index contributed by atoms with van der Waals surface area (Å²) >= 11 is 0. The standard InChI is InChI=1S/C27H43N3O4/c1-6-8-20(7-2)17-30-14-13-26(23-15-22(34-5)10-9-18(23)3)16-21(24(31)29-25(28)32)11-12-27(26,33)19(30)4/h9-10,15,19-21,33H,6-8,11-14,16-17H2,1-5H3,(H3,28,29,31,32). The summed E-state index contributed by atoms with van der Waals surface area (Å²) in [6, 6.07) is 5.11. The van der Waals surface area contributed by atoms with E-state index in [1.807, 2.05) is 18.2 Å². The Labute approximate surface area is 204 Å². The number of imide groups is 1. The highest BCUT2D eigenvalue weighted by Crippen LogP contribution is 2.56. The number of primary amides is 1. The van der Waals surface area contributed by atoms with Crippen LogP contribution in [0.2, 0.25) is 0 Å². The van der Waals surface area contributed by atoms with Gasteiger partial charge in [0.1, 0.15) is 5.75 Å². The molecule has 1 aliphatic carbocycles. The van der Waals surface area contributed by atoms with Crippen molar-refractivity contribution in [2.75, 3.05) is 20.2 Å². The van der Waals surface area contributed by atoms with E-state index in [1.54, 1.807) is 7.11 Å². The molecular formula is C27H43N3O4. The van der Waals surface area contributed by atoms with Crippen LogP contribution in [0.4, 0.5) is 4.79 Å². The summed E-state index contributed by atoms with van der Waals surface area (Å²) in [5.41, 5.74) is 5.74. The first-order valence-corrected chi connectivity index (χ1v) is 12.8. The van der Waals surface area contributed by atoms with Crippen molar-refractivity contribution in [2.45, 2.75) is 89.7 Å². The van der Waals surface area contributed by atoms with Crippen LogP contribution in [0.1, 0.15) is 76.8 Å². The number of benzene rings is 1. The van der Waals surface area contributed by atoms with E-state index in [9.17, 15) is 14.7 Å². The first kappa shape index (κ1) is 26.5. The highest BCUT2D eigenvalue weighted by atomic mass is 16.5. The van der Waals surface area contributed by atoms with Gasteiger partial charge in [0.05, 0.1) is 12.7 Å². The third-order valence-electron chi connectivity index (χ3n) is 8.71. The number of carbonyl (C=O) groups excluding carboxylic acids is 2. The van der Waals surface area contributed by atoms with E-state index in [2.05, 4.69) is 37.9 Å². The van der Waals surface area contributed by atoms with Gasteiger partial charge in [0, 0.05) is 23.9 Å². The third-order valence-corrected chi connectivity index (χ3v) is 8.71. The van der Waals surface area contributed by atoms with Crippen molar-refractivity contribution in [3.63, 3.8) is 0 Å². The maximum Gasteiger partial charge on any atom is 0.318 e.